The van der Waals surface area contributed by atoms with Gasteiger partial charge in [0.1, 0.15) is 0 Å². The third-order valence-electron chi connectivity index (χ3n) is 1.63. The third kappa shape index (κ3) is 1.77. The van der Waals surface area contributed by atoms with Gasteiger partial charge in [0.25, 0.3) is 0 Å². The topological polar surface area (TPSA) is 23.5 Å². The molecule has 2 heteroatoms. The highest BCUT2D eigenvalue weighted by atomic mass is 16.5. The predicted octanol–water partition coefficient (Wildman–Crippen LogP) is 1.88. The van der Waals surface area contributed by atoms with Crippen LogP contribution in [0.5, 0.6) is 0 Å². The van der Waals surface area contributed by atoms with Crippen molar-refractivity contribution in [1.29, 1.82) is 0 Å². The Labute approximate surface area is 72.4 Å². The molecular formula is C10H11NO. The smallest absolute Gasteiger partial charge is 0.0634 e. The van der Waals surface area contributed by atoms with Gasteiger partial charge >= 0.3 is 0 Å². The molecule has 0 aliphatic carbocycles. The Morgan fingerprint density at radius 3 is 2.42 bits per heavy atom. The van der Waals surface area contributed by atoms with Crippen LogP contribution in [0.2, 0.25) is 0 Å². The van der Waals surface area contributed by atoms with Gasteiger partial charge in [-0.15, -0.1) is 6.42 Å². The fraction of sp³-hybridized carbons (Fsp3) is 0.200. The van der Waals surface area contributed by atoms with Gasteiger partial charge in [-0.25, -0.2) is 0 Å². The number of hydroxylamine groups is 1. The first kappa shape index (κ1) is 8.63. The summed E-state index contributed by atoms with van der Waals surface area (Å²) in [7, 11) is 0. The second kappa shape index (κ2) is 3.80. The zero-order valence-electron chi connectivity index (χ0n) is 6.99. The predicted molar refractivity (Wildman–Crippen MR) is 49.2 cm³/mol. The van der Waals surface area contributed by atoms with E-state index in [2.05, 4.69) is 5.92 Å². The van der Waals surface area contributed by atoms with E-state index in [1.165, 1.54) is 5.06 Å². The molecule has 0 aromatic heterocycles. The minimum atomic E-state index is 0.565. The van der Waals surface area contributed by atoms with E-state index in [0.717, 1.165) is 11.3 Å². The zero-order valence-corrected chi connectivity index (χ0v) is 6.99. The Hall–Kier alpha value is -1.46. The molecule has 0 radical (unpaired) electrons. The highest BCUT2D eigenvalue weighted by molar-refractivity contribution is 5.47. The second-order valence-electron chi connectivity index (χ2n) is 2.41. The van der Waals surface area contributed by atoms with Crippen LogP contribution in [-0.4, -0.2) is 11.8 Å². The van der Waals surface area contributed by atoms with Crippen molar-refractivity contribution in [2.24, 2.45) is 0 Å². The van der Waals surface area contributed by atoms with Crippen LogP contribution >= 0.6 is 0 Å². The largest absolute Gasteiger partial charge is 0.288 e. The van der Waals surface area contributed by atoms with Crippen LogP contribution in [0.25, 0.3) is 0 Å². The van der Waals surface area contributed by atoms with Crippen molar-refractivity contribution in [2.45, 2.75) is 6.92 Å². The highest BCUT2D eigenvalue weighted by Crippen LogP contribution is 2.12. The molecule has 0 unspecified atom stereocenters. The molecule has 0 spiro atoms. The Morgan fingerprint density at radius 2 is 2.00 bits per heavy atom. The Kier molecular flexibility index (Phi) is 2.73. The molecule has 1 aromatic carbocycles. The van der Waals surface area contributed by atoms with E-state index in [9.17, 15) is 5.21 Å². The Balaban J connectivity index is 2.86. The van der Waals surface area contributed by atoms with Gasteiger partial charge in [0.05, 0.1) is 5.69 Å². The number of anilines is 1. The van der Waals surface area contributed by atoms with Crippen molar-refractivity contribution in [2.75, 3.05) is 11.6 Å². The summed E-state index contributed by atoms with van der Waals surface area (Å²) in [6, 6.07) is 7.18. The molecular weight excluding hydrogens is 150 g/mol. The number of hydrogen-bond donors (Lipinski definition) is 1. The maximum atomic E-state index is 9.27. The molecule has 2 nitrogen and oxygen atoms in total. The number of nitrogens with zero attached hydrogens (tertiary/aromatic N) is 1. The number of benzene rings is 1. The highest BCUT2D eigenvalue weighted by Gasteiger charge is 1.97. The van der Waals surface area contributed by atoms with Crippen molar-refractivity contribution in [3.05, 3.63) is 29.8 Å². The van der Waals surface area contributed by atoms with Crippen LogP contribution in [0.15, 0.2) is 24.3 Å². The minimum absolute atomic E-state index is 0.565. The molecule has 1 N–H and O–H groups in total. The third-order valence-corrected chi connectivity index (χ3v) is 1.63. The van der Waals surface area contributed by atoms with Gasteiger partial charge in [-0.05, 0) is 31.2 Å². The summed E-state index contributed by atoms with van der Waals surface area (Å²) >= 11 is 0. The molecule has 0 saturated carbocycles. The average molecular weight is 161 g/mol. The lowest BCUT2D eigenvalue weighted by Crippen LogP contribution is -2.16. The summed E-state index contributed by atoms with van der Waals surface area (Å²) in [5.74, 6) is 2.51. The second-order valence-corrected chi connectivity index (χ2v) is 2.41. The molecule has 0 aliphatic rings. The summed E-state index contributed by atoms with van der Waals surface area (Å²) in [6.07, 6.45) is 5.18. The van der Waals surface area contributed by atoms with E-state index in [-0.39, 0.29) is 0 Å². The summed E-state index contributed by atoms with van der Waals surface area (Å²) in [5, 5.41) is 10.4. The molecule has 0 fully saturated rings. The zero-order chi connectivity index (χ0) is 8.97. The Morgan fingerprint density at radius 1 is 1.42 bits per heavy atom. The number of rotatable bonds is 2. The lowest BCUT2D eigenvalue weighted by atomic mass is 10.2. The molecule has 62 valence electrons. The van der Waals surface area contributed by atoms with Gasteiger partial charge in [-0.1, -0.05) is 5.92 Å². The minimum Gasteiger partial charge on any atom is -0.288 e. The van der Waals surface area contributed by atoms with E-state index in [0.29, 0.717) is 6.54 Å². The Bertz CT molecular complexity index is 284. The maximum absolute atomic E-state index is 9.27. The molecule has 0 atom stereocenters. The van der Waals surface area contributed by atoms with Gasteiger partial charge in [-0.2, -0.15) is 0 Å². The molecule has 0 saturated heterocycles. The van der Waals surface area contributed by atoms with E-state index in [1.54, 1.807) is 24.3 Å². The summed E-state index contributed by atoms with van der Waals surface area (Å²) in [4.78, 5) is 0. The fourth-order valence-electron chi connectivity index (χ4n) is 0.912. The van der Waals surface area contributed by atoms with Gasteiger partial charge < -0.3 is 0 Å². The SMILES string of the molecule is C#Cc1ccc(N(O)CC)cc1. The monoisotopic (exact) mass is 161 g/mol. The van der Waals surface area contributed by atoms with Crippen LogP contribution in [0, 0.1) is 12.3 Å². The first-order valence-corrected chi connectivity index (χ1v) is 3.81. The maximum Gasteiger partial charge on any atom is 0.0634 e. The molecule has 0 heterocycles. The van der Waals surface area contributed by atoms with Crippen LogP contribution < -0.4 is 5.06 Å². The summed E-state index contributed by atoms with van der Waals surface area (Å²) in [5.41, 5.74) is 1.58. The molecule has 0 aliphatic heterocycles. The number of hydrogen-bond acceptors (Lipinski definition) is 2. The molecule has 1 aromatic rings. The van der Waals surface area contributed by atoms with Crippen LogP contribution in [0.1, 0.15) is 12.5 Å². The molecule has 12 heavy (non-hydrogen) atoms. The van der Waals surface area contributed by atoms with Gasteiger partial charge in [-0.3, -0.25) is 10.3 Å². The van der Waals surface area contributed by atoms with Crippen LogP contribution in [-0.2, 0) is 0 Å². The van der Waals surface area contributed by atoms with Crippen LogP contribution in [0.3, 0.4) is 0 Å². The first-order chi connectivity index (χ1) is 5.77. The quantitative estimate of drug-likeness (QED) is 0.529. The van der Waals surface area contributed by atoms with Gasteiger partial charge in [0.15, 0.2) is 0 Å². The normalized spacial score (nSPS) is 9.08. The van der Waals surface area contributed by atoms with E-state index < -0.39 is 0 Å². The fourth-order valence-corrected chi connectivity index (χ4v) is 0.912. The van der Waals surface area contributed by atoms with E-state index >= 15 is 0 Å². The van der Waals surface area contributed by atoms with Crippen molar-refractivity contribution < 1.29 is 5.21 Å². The van der Waals surface area contributed by atoms with Gasteiger partial charge in [0.2, 0.25) is 0 Å². The standard InChI is InChI=1S/C10H11NO/c1-3-9-5-7-10(8-6-9)11(12)4-2/h1,5-8,12H,4H2,2H3. The van der Waals surface area contributed by atoms with Crippen molar-refractivity contribution in [1.82, 2.24) is 0 Å². The molecule has 0 amide bonds. The van der Waals surface area contributed by atoms with Gasteiger partial charge in [0, 0.05) is 12.1 Å². The molecule has 1 rings (SSSR count). The van der Waals surface area contributed by atoms with Crippen molar-refractivity contribution in [3.63, 3.8) is 0 Å². The number of terminal acetylenes is 1. The summed E-state index contributed by atoms with van der Waals surface area (Å²) < 4.78 is 0. The van der Waals surface area contributed by atoms with Crippen LogP contribution in [0.4, 0.5) is 5.69 Å². The molecule has 0 bridgehead atoms. The lowest BCUT2D eigenvalue weighted by Gasteiger charge is -2.13. The van der Waals surface area contributed by atoms with Crippen molar-refractivity contribution in [3.8, 4) is 12.3 Å². The van der Waals surface area contributed by atoms with E-state index in [1.807, 2.05) is 6.92 Å². The van der Waals surface area contributed by atoms with E-state index in [4.69, 9.17) is 6.42 Å². The lowest BCUT2D eigenvalue weighted by molar-refractivity contribution is 0.260. The van der Waals surface area contributed by atoms with Crippen molar-refractivity contribution >= 4 is 5.69 Å². The summed E-state index contributed by atoms with van der Waals surface area (Å²) in [6.45, 7) is 2.44. The average Bonchev–Trinajstić information content (AvgIpc) is 2.17. The first-order valence-electron chi connectivity index (χ1n) is 3.81.